The van der Waals surface area contributed by atoms with Gasteiger partial charge in [0.25, 0.3) is 0 Å². The number of benzene rings is 4. The van der Waals surface area contributed by atoms with E-state index < -0.39 is 0 Å². The van der Waals surface area contributed by atoms with Gasteiger partial charge in [-0.2, -0.15) is 15.8 Å². The fraction of sp³-hybridized carbons (Fsp3) is 0.0816. The highest BCUT2D eigenvalue weighted by Gasteiger charge is 2.24. The molecule has 0 saturated heterocycles. The van der Waals surface area contributed by atoms with Gasteiger partial charge in [0.15, 0.2) is 16.9 Å². The Morgan fingerprint density at radius 1 is 0.377 bits per heavy atom. The Hall–Kier alpha value is -8.79. The second-order valence-electron chi connectivity index (χ2n) is 13.1. The summed E-state index contributed by atoms with van der Waals surface area (Å²) in [5.74, 6) is 1.71. The lowest BCUT2D eigenvalue weighted by Gasteiger charge is -2.15. The summed E-state index contributed by atoms with van der Waals surface area (Å²) in [4.78, 5) is 29.6. The molecule has 61 heavy (non-hydrogen) atoms. The predicted molar refractivity (Wildman–Crippen MR) is 237 cm³/mol. The molecule has 10 rings (SSSR count). The molecule has 4 aromatic carbocycles. The van der Waals surface area contributed by atoms with E-state index in [9.17, 15) is 15.8 Å². The molecule has 12 heteroatoms. The number of rotatable bonds is 6. The van der Waals surface area contributed by atoms with Gasteiger partial charge >= 0.3 is 0 Å². The first-order valence-corrected chi connectivity index (χ1v) is 19.8. The van der Waals surface area contributed by atoms with E-state index in [4.69, 9.17) is 29.9 Å². The van der Waals surface area contributed by atoms with Crippen LogP contribution < -0.4 is 0 Å². The fourth-order valence-corrected chi connectivity index (χ4v) is 7.21. The maximum atomic E-state index is 9.85. The lowest BCUT2D eigenvalue weighted by molar-refractivity contribution is 1.06. The van der Waals surface area contributed by atoms with Gasteiger partial charge in [0.2, 0.25) is 0 Å². The van der Waals surface area contributed by atoms with Crippen LogP contribution in [0.3, 0.4) is 0 Å². The second kappa shape index (κ2) is 17.0. The number of hydrogen-bond acceptors (Lipinski definition) is 9. The van der Waals surface area contributed by atoms with E-state index >= 15 is 0 Å². The highest BCUT2D eigenvalue weighted by molar-refractivity contribution is 5.88. The van der Waals surface area contributed by atoms with Crippen LogP contribution in [0.1, 0.15) is 44.4 Å². The van der Waals surface area contributed by atoms with E-state index in [0.29, 0.717) is 101 Å². The Balaban J connectivity index is 0.00000125. The number of pyridine rings is 3. The molecule has 0 amide bonds. The number of aromatic nitrogens is 9. The molecule has 0 N–H and O–H groups in total. The van der Waals surface area contributed by atoms with Crippen LogP contribution in [0.15, 0.2) is 146 Å². The molecule has 0 atom stereocenters. The number of nitrogens with zero attached hydrogens (tertiary/aromatic N) is 12. The van der Waals surface area contributed by atoms with Crippen molar-refractivity contribution in [3.05, 3.63) is 163 Å². The van der Waals surface area contributed by atoms with Gasteiger partial charge in [0.05, 0.1) is 52.0 Å². The lowest BCUT2D eigenvalue weighted by atomic mass is 10.0. The minimum atomic E-state index is 0.493. The number of imidazole rings is 3. The predicted octanol–water partition coefficient (Wildman–Crippen LogP) is 10.6. The van der Waals surface area contributed by atoms with Crippen LogP contribution in [0.2, 0.25) is 0 Å². The first-order valence-electron chi connectivity index (χ1n) is 19.8. The molecule has 6 heterocycles. The zero-order valence-electron chi connectivity index (χ0n) is 33.7. The summed E-state index contributed by atoms with van der Waals surface area (Å²) in [6.07, 6.45) is 5.15. The molecule has 12 nitrogen and oxygen atoms in total. The number of hydrogen-bond donors (Lipinski definition) is 0. The largest absolute Gasteiger partial charge is 0.277 e. The van der Waals surface area contributed by atoms with Crippen molar-refractivity contribution in [3.63, 3.8) is 0 Å². The third kappa shape index (κ3) is 7.09. The van der Waals surface area contributed by atoms with Crippen molar-refractivity contribution in [1.29, 1.82) is 15.8 Å². The summed E-state index contributed by atoms with van der Waals surface area (Å²) < 4.78 is 5.84. The van der Waals surface area contributed by atoms with Crippen LogP contribution >= 0.6 is 0 Å². The molecule has 0 bridgehead atoms. The highest BCUT2D eigenvalue weighted by atomic mass is 15.2. The molecule has 0 aliphatic carbocycles. The maximum Gasteiger partial charge on any atom is 0.164 e. The molecule has 0 fully saturated rings. The van der Waals surface area contributed by atoms with E-state index in [1.165, 1.54) is 0 Å². The summed E-state index contributed by atoms with van der Waals surface area (Å²) in [6, 6.07) is 46.0. The van der Waals surface area contributed by atoms with Crippen LogP contribution in [-0.4, -0.2) is 43.6 Å². The van der Waals surface area contributed by atoms with Crippen LogP contribution in [0.4, 0.5) is 0 Å². The minimum absolute atomic E-state index is 0.493. The summed E-state index contributed by atoms with van der Waals surface area (Å²) in [5.41, 5.74) is 9.57. The van der Waals surface area contributed by atoms with Crippen molar-refractivity contribution >= 4 is 33.5 Å². The fourth-order valence-electron chi connectivity index (χ4n) is 7.21. The lowest BCUT2D eigenvalue weighted by Crippen LogP contribution is -2.03. The van der Waals surface area contributed by atoms with E-state index in [1.54, 1.807) is 36.8 Å². The van der Waals surface area contributed by atoms with Gasteiger partial charge in [-0.3, -0.25) is 13.7 Å². The molecule has 0 radical (unpaired) electrons. The van der Waals surface area contributed by atoms with Gasteiger partial charge in [-0.25, -0.2) is 29.9 Å². The summed E-state index contributed by atoms with van der Waals surface area (Å²) >= 11 is 0. The Kier molecular flexibility index (Phi) is 10.9. The van der Waals surface area contributed by atoms with E-state index in [0.717, 1.165) is 0 Å². The first-order chi connectivity index (χ1) is 30.1. The second-order valence-corrected chi connectivity index (χ2v) is 13.1. The monoisotopic (exact) mass is 792 g/mol. The van der Waals surface area contributed by atoms with Crippen molar-refractivity contribution in [3.8, 4) is 69.4 Å². The van der Waals surface area contributed by atoms with Crippen molar-refractivity contribution in [2.24, 2.45) is 0 Å². The summed E-state index contributed by atoms with van der Waals surface area (Å²) in [6.45, 7) is 8.00. The zero-order chi connectivity index (χ0) is 42.5. The minimum Gasteiger partial charge on any atom is -0.277 e. The van der Waals surface area contributed by atoms with Gasteiger partial charge in [-0.15, -0.1) is 0 Å². The van der Waals surface area contributed by atoms with E-state index in [2.05, 4.69) is 18.2 Å². The summed E-state index contributed by atoms with van der Waals surface area (Å²) in [5, 5.41) is 29.6. The maximum absolute atomic E-state index is 9.85. The molecular formula is C49H36N12. The Bertz CT molecular complexity index is 3000. The van der Waals surface area contributed by atoms with Crippen LogP contribution in [0.5, 0.6) is 0 Å². The Morgan fingerprint density at radius 2 is 0.672 bits per heavy atom. The van der Waals surface area contributed by atoms with Crippen molar-refractivity contribution in [1.82, 2.24) is 43.6 Å². The molecule has 0 unspecified atom stereocenters. The normalized spacial score (nSPS) is 10.6. The molecule has 292 valence electrons. The van der Waals surface area contributed by atoms with Crippen LogP contribution in [-0.2, 0) is 0 Å². The number of fused-ring (bicyclic) bond motifs is 3. The third-order valence-electron chi connectivity index (χ3n) is 9.66. The average molecular weight is 793 g/mol. The van der Waals surface area contributed by atoms with Gasteiger partial charge < -0.3 is 0 Å². The molecule has 10 aromatic rings. The summed E-state index contributed by atoms with van der Waals surface area (Å²) in [7, 11) is 0. The van der Waals surface area contributed by atoms with Crippen LogP contribution in [0, 0.1) is 34.0 Å². The third-order valence-corrected chi connectivity index (χ3v) is 9.66. The molecule has 0 aliphatic rings. The Labute approximate surface area is 351 Å². The average Bonchev–Trinajstić information content (AvgIpc) is 4.05. The Morgan fingerprint density at radius 3 is 0.951 bits per heavy atom. The molecule has 0 spiro atoms. The van der Waals surface area contributed by atoms with E-state index in [-0.39, 0.29) is 0 Å². The molecule has 6 aromatic heterocycles. The van der Waals surface area contributed by atoms with E-state index in [1.807, 2.05) is 151 Å². The quantitative estimate of drug-likeness (QED) is 0.159. The van der Waals surface area contributed by atoms with Gasteiger partial charge in [-0.1, -0.05) is 45.9 Å². The van der Waals surface area contributed by atoms with Crippen molar-refractivity contribution in [2.75, 3.05) is 0 Å². The first kappa shape index (κ1) is 39.1. The molecule has 0 aliphatic heterocycles. The highest BCUT2D eigenvalue weighted by Crippen LogP contribution is 2.38. The van der Waals surface area contributed by atoms with Crippen LogP contribution in [0.25, 0.3) is 84.7 Å². The van der Waals surface area contributed by atoms with Gasteiger partial charge in [0.1, 0.15) is 34.0 Å². The van der Waals surface area contributed by atoms with Gasteiger partial charge in [0, 0.05) is 35.3 Å². The number of nitriles is 3. The molecular weight excluding hydrogens is 757 g/mol. The SMILES string of the molecule is CC.CC.N#Cc1cccc(-n2c(-c3cc(-c4nc5cccnc5n4-c4cccc(C#N)c4)cc(-c4nc5cccnc5n4-c4cccc(C#N)c4)c3)nc3cccnc32)c1. The van der Waals surface area contributed by atoms with Crippen molar-refractivity contribution in [2.45, 2.75) is 27.7 Å². The standard InChI is InChI=1S/C45H24N12.2C2H6/c46-25-28-7-1-10-34(19-28)55-40(52-37-13-4-16-49-43(37)55)31-22-32(41-53-38-14-5-17-50-44(38)56(41)35-11-2-8-29(20-35)26-47)24-33(23-31)42-54-39-15-6-18-51-45(39)57(42)36-12-3-9-30(21-36)27-48;2*1-2/h1-24H;2*1-2H3. The topological polar surface area (TPSA) is 164 Å². The molecule has 0 saturated carbocycles. The smallest absolute Gasteiger partial charge is 0.164 e. The van der Waals surface area contributed by atoms with Crippen molar-refractivity contribution < 1.29 is 0 Å². The van der Waals surface area contributed by atoms with Gasteiger partial charge in [-0.05, 0) is 109 Å². The zero-order valence-corrected chi connectivity index (χ0v) is 33.7.